The number of hydrogen-bond donors (Lipinski definition) is 2. The van der Waals surface area contributed by atoms with E-state index in [2.05, 4.69) is 10.3 Å². The zero-order valence-electron chi connectivity index (χ0n) is 14.2. The van der Waals surface area contributed by atoms with Gasteiger partial charge in [0.2, 0.25) is 0 Å². The van der Waals surface area contributed by atoms with Crippen molar-refractivity contribution in [2.24, 2.45) is 0 Å². The van der Waals surface area contributed by atoms with Crippen LogP contribution in [0, 0.1) is 20.8 Å². The summed E-state index contributed by atoms with van der Waals surface area (Å²) in [6, 6.07) is 2.00. The van der Waals surface area contributed by atoms with Crippen LogP contribution in [-0.2, 0) is 4.79 Å². The first-order valence-electron chi connectivity index (χ1n) is 8.27. The predicted octanol–water partition coefficient (Wildman–Crippen LogP) is 3.74. The molecule has 6 heteroatoms. The molecule has 3 rings (SSSR count). The number of aryl methyl sites for hydroxylation is 3. The molecule has 128 valence electrons. The van der Waals surface area contributed by atoms with Crippen LogP contribution in [0.1, 0.15) is 58.6 Å². The first-order valence-corrected chi connectivity index (χ1v) is 9.09. The van der Waals surface area contributed by atoms with E-state index in [-0.39, 0.29) is 5.91 Å². The maximum atomic E-state index is 12.8. The van der Waals surface area contributed by atoms with Crippen LogP contribution < -0.4 is 5.32 Å². The van der Waals surface area contributed by atoms with Gasteiger partial charge in [-0.05, 0) is 50.8 Å². The number of nitrogens with one attached hydrogen (secondary N) is 1. The summed E-state index contributed by atoms with van der Waals surface area (Å²) in [5, 5.41) is 13.5. The van der Waals surface area contributed by atoms with Crippen LogP contribution in [0.25, 0.3) is 10.2 Å². The lowest BCUT2D eigenvalue weighted by atomic mass is 9.81. The summed E-state index contributed by atoms with van der Waals surface area (Å²) in [5.41, 5.74) is 1.77. The smallest absolute Gasteiger partial charge is 0.329 e. The predicted molar refractivity (Wildman–Crippen MR) is 94.7 cm³/mol. The number of aromatic nitrogens is 1. The van der Waals surface area contributed by atoms with Crippen molar-refractivity contribution in [3.63, 3.8) is 0 Å². The third kappa shape index (κ3) is 2.79. The Morgan fingerprint density at radius 1 is 1.21 bits per heavy atom. The number of nitrogens with zero attached hydrogens (tertiary/aromatic N) is 1. The van der Waals surface area contributed by atoms with Gasteiger partial charge in [0.15, 0.2) is 0 Å². The molecule has 2 aromatic heterocycles. The largest absolute Gasteiger partial charge is 0.480 e. The molecular formula is C18H22N2O3S. The van der Waals surface area contributed by atoms with Crippen LogP contribution in [0.5, 0.6) is 0 Å². The molecule has 2 heterocycles. The summed E-state index contributed by atoms with van der Waals surface area (Å²) in [6.07, 6.45) is 3.67. The Kier molecular flexibility index (Phi) is 4.34. The van der Waals surface area contributed by atoms with Crippen molar-refractivity contribution >= 4 is 33.4 Å². The van der Waals surface area contributed by atoms with Crippen LogP contribution in [-0.4, -0.2) is 27.5 Å². The lowest BCUT2D eigenvalue weighted by Gasteiger charge is -2.33. The van der Waals surface area contributed by atoms with Gasteiger partial charge in [0.1, 0.15) is 10.4 Å². The number of pyridine rings is 1. The highest BCUT2D eigenvalue weighted by Gasteiger charge is 2.41. The van der Waals surface area contributed by atoms with Gasteiger partial charge in [-0.3, -0.25) is 4.79 Å². The molecule has 24 heavy (non-hydrogen) atoms. The number of carbonyl (C=O) groups excluding carboxylic acids is 1. The van der Waals surface area contributed by atoms with E-state index in [1.807, 2.05) is 26.8 Å². The molecule has 0 radical (unpaired) electrons. The van der Waals surface area contributed by atoms with E-state index in [4.69, 9.17) is 0 Å². The molecule has 2 aromatic rings. The van der Waals surface area contributed by atoms with E-state index in [1.54, 1.807) is 0 Å². The maximum Gasteiger partial charge on any atom is 0.329 e. The molecule has 0 bridgehead atoms. The van der Waals surface area contributed by atoms with Gasteiger partial charge in [0, 0.05) is 11.1 Å². The highest BCUT2D eigenvalue weighted by Crippen LogP contribution is 2.34. The van der Waals surface area contributed by atoms with Gasteiger partial charge < -0.3 is 10.4 Å². The summed E-state index contributed by atoms with van der Waals surface area (Å²) in [6.45, 7) is 5.85. The minimum Gasteiger partial charge on any atom is -0.480 e. The Morgan fingerprint density at radius 2 is 1.88 bits per heavy atom. The molecule has 0 aromatic carbocycles. The molecule has 0 saturated heterocycles. The zero-order valence-corrected chi connectivity index (χ0v) is 15.0. The molecule has 0 unspecified atom stereocenters. The molecule has 0 atom stereocenters. The summed E-state index contributed by atoms with van der Waals surface area (Å²) >= 11 is 1.34. The number of carboxylic acid groups (broad SMARTS) is 1. The summed E-state index contributed by atoms with van der Waals surface area (Å²) in [4.78, 5) is 30.5. The SMILES string of the molecule is Cc1cc(C)c2c(C)c(C(=O)NC3(C(=O)O)CCCCC3)sc2n1. The Morgan fingerprint density at radius 3 is 2.50 bits per heavy atom. The van der Waals surface area contributed by atoms with E-state index in [9.17, 15) is 14.7 Å². The van der Waals surface area contributed by atoms with E-state index in [1.165, 1.54) is 11.3 Å². The standard InChI is InChI=1S/C18H22N2O3S/c1-10-9-11(2)19-16-13(10)12(3)14(24-16)15(21)20-18(17(22)23)7-5-4-6-8-18/h9H,4-8H2,1-3H3,(H,20,21)(H,22,23). The Labute approximate surface area is 145 Å². The van der Waals surface area contributed by atoms with E-state index >= 15 is 0 Å². The quantitative estimate of drug-likeness (QED) is 0.887. The molecule has 2 N–H and O–H groups in total. The molecule has 0 spiro atoms. The molecule has 5 nitrogen and oxygen atoms in total. The van der Waals surface area contributed by atoms with Gasteiger partial charge in [-0.1, -0.05) is 19.3 Å². The van der Waals surface area contributed by atoms with Gasteiger partial charge >= 0.3 is 5.97 Å². The van der Waals surface area contributed by atoms with Gasteiger partial charge in [-0.15, -0.1) is 11.3 Å². The van der Waals surface area contributed by atoms with Gasteiger partial charge in [0.05, 0.1) is 4.88 Å². The fourth-order valence-electron chi connectivity index (χ4n) is 3.66. The number of fused-ring (bicyclic) bond motifs is 1. The van der Waals surface area contributed by atoms with Gasteiger partial charge in [0.25, 0.3) is 5.91 Å². The van der Waals surface area contributed by atoms with Crippen molar-refractivity contribution in [3.8, 4) is 0 Å². The van der Waals surface area contributed by atoms with Crippen molar-refractivity contribution in [2.75, 3.05) is 0 Å². The van der Waals surface area contributed by atoms with Crippen molar-refractivity contribution in [2.45, 2.75) is 58.4 Å². The number of amides is 1. The van der Waals surface area contributed by atoms with Crippen LogP contribution in [0.3, 0.4) is 0 Å². The molecule has 1 amide bonds. The lowest BCUT2D eigenvalue weighted by molar-refractivity contribution is -0.145. The van der Waals surface area contributed by atoms with Gasteiger partial charge in [-0.25, -0.2) is 9.78 Å². The third-order valence-electron chi connectivity index (χ3n) is 4.90. The molecule has 1 aliphatic rings. The second-order valence-corrected chi connectivity index (χ2v) is 7.72. The number of thiophene rings is 1. The van der Waals surface area contributed by atoms with Crippen LogP contribution in [0.2, 0.25) is 0 Å². The molecular weight excluding hydrogens is 324 g/mol. The first-order chi connectivity index (χ1) is 11.3. The van der Waals surface area contributed by atoms with E-state index in [0.717, 1.165) is 46.3 Å². The highest BCUT2D eigenvalue weighted by atomic mass is 32.1. The van der Waals surface area contributed by atoms with Crippen molar-refractivity contribution in [3.05, 3.63) is 27.8 Å². The number of carboxylic acids is 1. The van der Waals surface area contributed by atoms with Crippen molar-refractivity contribution in [1.82, 2.24) is 10.3 Å². The normalized spacial score (nSPS) is 17.0. The second kappa shape index (κ2) is 6.16. The van der Waals surface area contributed by atoms with E-state index < -0.39 is 11.5 Å². The zero-order chi connectivity index (χ0) is 17.5. The molecule has 1 aliphatic carbocycles. The summed E-state index contributed by atoms with van der Waals surface area (Å²) in [7, 11) is 0. The Balaban J connectivity index is 1.98. The monoisotopic (exact) mass is 346 g/mol. The number of carbonyl (C=O) groups is 2. The topological polar surface area (TPSA) is 79.3 Å². The van der Waals surface area contributed by atoms with Crippen molar-refractivity contribution < 1.29 is 14.7 Å². The minimum absolute atomic E-state index is 0.295. The van der Waals surface area contributed by atoms with Crippen LogP contribution >= 0.6 is 11.3 Å². The fraction of sp³-hybridized carbons (Fsp3) is 0.500. The number of rotatable bonds is 3. The molecule has 0 aliphatic heterocycles. The minimum atomic E-state index is -1.13. The second-order valence-electron chi connectivity index (χ2n) is 6.72. The van der Waals surface area contributed by atoms with Gasteiger partial charge in [-0.2, -0.15) is 0 Å². The summed E-state index contributed by atoms with van der Waals surface area (Å²) < 4.78 is 0. The van der Waals surface area contributed by atoms with Crippen molar-refractivity contribution in [1.29, 1.82) is 0 Å². The molecule has 1 saturated carbocycles. The lowest BCUT2D eigenvalue weighted by Crippen LogP contribution is -2.55. The number of hydrogen-bond acceptors (Lipinski definition) is 4. The Hall–Kier alpha value is -1.95. The van der Waals surface area contributed by atoms with E-state index in [0.29, 0.717) is 17.7 Å². The van der Waals surface area contributed by atoms with Crippen LogP contribution in [0.15, 0.2) is 6.07 Å². The average molecular weight is 346 g/mol. The Bertz CT molecular complexity index is 819. The molecule has 1 fully saturated rings. The third-order valence-corrected chi connectivity index (χ3v) is 6.09. The first kappa shape index (κ1) is 16.9. The summed E-state index contributed by atoms with van der Waals surface area (Å²) in [5.74, 6) is -1.23. The fourth-order valence-corrected chi connectivity index (χ4v) is 4.86. The average Bonchev–Trinajstić information content (AvgIpc) is 2.85. The maximum absolute atomic E-state index is 12.8. The number of aliphatic carboxylic acids is 1. The highest BCUT2D eigenvalue weighted by molar-refractivity contribution is 7.20. The van der Waals surface area contributed by atoms with Crippen LogP contribution in [0.4, 0.5) is 0 Å².